The second kappa shape index (κ2) is 9.93. The molecule has 0 spiro atoms. The zero-order valence-corrected chi connectivity index (χ0v) is 19.3. The third-order valence-electron chi connectivity index (χ3n) is 6.52. The number of para-hydroxylation sites is 1. The van der Waals surface area contributed by atoms with E-state index in [-0.39, 0.29) is 0 Å². The minimum Gasteiger partial charge on any atom is -0.388 e. The monoisotopic (exact) mass is 386 g/mol. The van der Waals surface area contributed by atoms with E-state index in [2.05, 4.69) is 40.7 Å². The lowest BCUT2D eigenvalue weighted by atomic mass is 9.69. The zero-order valence-electron chi connectivity index (χ0n) is 19.3. The molecule has 0 amide bonds. The van der Waals surface area contributed by atoms with Gasteiger partial charge in [-0.05, 0) is 43.9 Å². The molecular formula is C25H42N2O. The van der Waals surface area contributed by atoms with Crippen LogP contribution in [0.2, 0.25) is 0 Å². The van der Waals surface area contributed by atoms with Crippen molar-refractivity contribution in [1.29, 1.82) is 0 Å². The maximum absolute atomic E-state index is 11.4. The summed E-state index contributed by atoms with van der Waals surface area (Å²) in [6, 6.07) is 9.23. The molecule has 2 aromatic rings. The second-order valence-electron chi connectivity index (χ2n) is 7.40. The maximum Gasteiger partial charge on any atom is 0.0870 e. The molecule has 3 atom stereocenters. The molecule has 3 unspecified atom stereocenters. The van der Waals surface area contributed by atoms with Crippen LogP contribution in [0.4, 0.5) is 0 Å². The van der Waals surface area contributed by atoms with E-state index in [1.54, 1.807) is 5.56 Å². The molecule has 1 saturated heterocycles. The van der Waals surface area contributed by atoms with Gasteiger partial charge in [0, 0.05) is 29.1 Å². The van der Waals surface area contributed by atoms with Gasteiger partial charge in [0.15, 0.2) is 0 Å². The van der Waals surface area contributed by atoms with Gasteiger partial charge in [-0.25, -0.2) is 0 Å². The first-order valence-corrected chi connectivity index (χ1v) is 11.8. The molecule has 3 aliphatic heterocycles. The SMILES string of the molecule is CC.CC.CC.CCC1(O)Cn2c3c(c4ccccc42)CCN2CCCC1C32. The Bertz CT molecular complexity index is 750. The lowest BCUT2D eigenvalue weighted by Gasteiger charge is -2.53. The van der Waals surface area contributed by atoms with Gasteiger partial charge in [0.1, 0.15) is 0 Å². The largest absolute Gasteiger partial charge is 0.388 e. The Morgan fingerprint density at radius 2 is 1.71 bits per heavy atom. The van der Waals surface area contributed by atoms with Crippen LogP contribution < -0.4 is 0 Å². The van der Waals surface area contributed by atoms with Gasteiger partial charge < -0.3 is 9.67 Å². The Morgan fingerprint density at radius 3 is 2.39 bits per heavy atom. The smallest absolute Gasteiger partial charge is 0.0870 e. The van der Waals surface area contributed by atoms with E-state index >= 15 is 0 Å². The first-order valence-electron chi connectivity index (χ1n) is 11.8. The molecule has 0 radical (unpaired) electrons. The summed E-state index contributed by atoms with van der Waals surface area (Å²) in [5, 5.41) is 12.8. The molecule has 0 bridgehead atoms. The first-order chi connectivity index (χ1) is 13.7. The Balaban J connectivity index is 0.000000430. The van der Waals surface area contributed by atoms with Crippen molar-refractivity contribution >= 4 is 10.9 Å². The molecule has 28 heavy (non-hydrogen) atoms. The topological polar surface area (TPSA) is 28.4 Å². The van der Waals surface area contributed by atoms with Crippen molar-refractivity contribution in [2.75, 3.05) is 13.1 Å². The van der Waals surface area contributed by atoms with Crippen molar-refractivity contribution in [3.63, 3.8) is 0 Å². The van der Waals surface area contributed by atoms with E-state index in [4.69, 9.17) is 0 Å². The molecule has 5 rings (SSSR count). The Labute approximate surface area is 172 Å². The Hall–Kier alpha value is -1.32. The predicted molar refractivity (Wildman–Crippen MR) is 122 cm³/mol. The Morgan fingerprint density at radius 1 is 1.04 bits per heavy atom. The van der Waals surface area contributed by atoms with Crippen LogP contribution in [0.3, 0.4) is 0 Å². The lowest BCUT2D eigenvalue weighted by Crippen LogP contribution is -2.57. The van der Waals surface area contributed by atoms with E-state index in [1.165, 1.54) is 36.0 Å². The first kappa shape index (κ1) is 23.0. The number of hydrogen-bond donors (Lipinski definition) is 1. The van der Waals surface area contributed by atoms with E-state index in [0.29, 0.717) is 12.0 Å². The van der Waals surface area contributed by atoms with E-state index < -0.39 is 5.60 Å². The molecule has 1 fully saturated rings. The maximum atomic E-state index is 11.4. The van der Waals surface area contributed by atoms with Crippen LogP contribution in [0.5, 0.6) is 0 Å². The zero-order chi connectivity index (χ0) is 20.9. The summed E-state index contributed by atoms with van der Waals surface area (Å²) in [5.74, 6) is 0.405. The number of fused-ring (bicyclic) bond motifs is 3. The van der Waals surface area contributed by atoms with E-state index in [9.17, 15) is 5.11 Å². The van der Waals surface area contributed by atoms with Gasteiger partial charge in [0.25, 0.3) is 0 Å². The summed E-state index contributed by atoms with van der Waals surface area (Å²) >= 11 is 0. The van der Waals surface area contributed by atoms with Crippen LogP contribution in [0.1, 0.15) is 85.0 Å². The summed E-state index contributed by atoms with van der Waals surface area (Å²) < 4.78 is 2.45. The molecule has 4 heterocycles. The van der Waals surface area contributed by atoms with Crippen LogP contribution in [0.25, 0.3) is 10.9 Å². The summed E-state index contributed by atoms with van der Waals surface area (Å²) in [6.07, 6.45) is 4.42. The van der Waals surface area contributed by atoms with Gasteiger partial charge >= 0.3 is 0 Å². The standard InChI is InChI=1S/C19H24N2O.3C2H6/c1-2-19(22)12-21-16-8-4-3-6-13(16)14-9-11-20-10-5-7-15(19)18(20)17(14)21;3*1-2/h3-4,6,8,15,18,22H,2,5,7,9-12H2,1H3;3*1-2H3. The normalized spacial score (nSPS) is 27.3. The summed E-state index contributed by atoms with van der Waals surface area (Å²) in [7, 11) is 0. The van der Waals surface area contributed by atoms with Gasteiger partial charge in [-0.15, -0.1) is 0 Å². The van der Waals surface area contributed by atoms with Gasteiger partial charge in [-0.2, -0.15) is 0 Å². The van der Waals surface area contributed by atoms with Crippen molar-refractivity contribution in [1.82, 2.24) is 9.47 Å². The summed E-state index contributed by atoms with van der Waals surface area (Å²) in [6.45, 7) is 17.3. The molecule has 3 nitrogen and oxygen atoms in total. The molecule has 0 saturated carbocycles. The van der Waals surface area contributed by atoms with Gasteiger partial charge in [0.2, 0.25) is 0 Å². The minimum atomic E-state index is -0.549. The molecule has 158 valence electrons. The lowest BCUT2D eigenvalue weighted by molar-refractivity contribution is -0.109. The van der Waals surface area contributed by atoms with Crippen LogP contribution >= 0.6 is 0 Å². The molecule has 0 aliphatic carbocycles. The van der Waals surface area contributed by atoms with E-state index in [0.717, 1.165) is 25.9 Å². The van der Waals surface area contributed by atoms with Crippen LogP contribution in [-0.4, -0.2) is 33.3 Å². The fourth-order valence-corrected chi connectivity index (χ4v) is 5.43. The average molecular weight is 387 g/mol. The van der Waals surface area contributed by atoms with Crippen LogP contribution in [-0.2, 0) is 13.0 Å². The summed E-state index contributed by atoms with van der Waals surface area (Å²) in [4.78, 5) is 2.64. The molecule has 3 aliphatic rings. The Kier molecular flexibility index (Phi) is 8.15. The number of aromatic nitrogens is 1. The minimum absolute atomic E-state index is 0.405. The van der Waals surface area contributed by atoms with Crippen molar-refractivity contribution in [2.45, 2.75) is 92.3 Å². The van der Waals surface area contributed by atoms with Crippen molar-refractivity contribution in [3.05, 3.63) is 35.5 Å². The molecule has 3 heteroatoms. The number of hydrogen-bond acceptors (Lipinski definition) is 2. The number of nitrogens with zero attached hydrogens (tertiary/aromatic N) is 2. The highest BCUT2D eigenvalue weighted by atomic mass is 16.3. The third kappa shape index (κ3) is 3.52. The molecule has 1 aromatic heterocycles. The summed E-state index contributed by atoms with van der Waals surface area (Å²) in [5.41, 5.74) is 3.86. The number of benzene rings is 1. The number of piperidine rings is 1. The number of aliphatic hydroxyl groups is 1. The second-order valence-corrected chi connectivity index (χ2v) is 7.40. The predicted octanol–water partition coefficient (Wildman–Crippen LogP) is 6.18. The quantitative estimate of drug-likeness (QED) is 0.633. The molecule has 1 N–H and O–H groups in total. The number of rotatable bonds is 1. The third-order valence-corrected chi connectivity index (χ3v) is 6.52. The highest BCUT2D eigenvalue weighted by Gasteiger charge is 2.51. The van der Waals surface area contributed by atoms with Gasteiger partial charge in [-0.1, -0.05) is 66.7 Å². The fourth-order valence-electron chi connectivity index (χ4n) is 5.43. The van der Waals surface area contributed by atoms with Crippen molar-refractivity contribution in [2.24, 2.45) is 5.92 Å². The molecular weight excluding hydrogens is 344 g/mol. The van der Waals surface area contributed by atoms with Gasteiger partial charge in [-0.3, -0.25) is 4.90 Å². The fraction of sp³-hybridized carbons (Fsp3) is 0.680. The highest BCUT2D eigenvalue weighted by molar-refractivity contribution is 5.86. The van der Waals surface area contributed by atoms with Crippen molar-refractivity contribution in [3.8, 4) is 0 Å². The van der Waals surface area contributed by atoms with Crippen molar-refractivity contribution < 1.29 is 5.11 Å². The molecule has 1 aromatic carbocycles. The van der Waals surface area contributed by atoms with Crippen LogP contribution in [0, 0.1) is 5.92 Å². The van der Waals surface area contributed by atoms with E-state index in [1.807, 2.05) is 41.5 Å². The van der Waals surface area contributed by atoms with Crippen LogP contribution in [0.15, 0.2) is 24.3 Å². The highest BCUT2D eigenvalue weighted by Crippen LogP contribution is 2.52. The van der Waals surface area contributed by atoms with Gasteiger partial charge in [0.05, 0.1) is 18.2 Å². The average Bonchev–Trinajstić information content (AvgIpc) is 3.11.